The molecule has 6 heteroatoms. The number of hydrogen-bond acceptors (Lipinski definition) is 4. The molecule has 0 atom stereocenters. The van der Waals surface area contributed by atoms with Crippen molar-refractivity contribution in [3.05, 3.63) is 19.7 Å². The zero-order valence-electron chi connectivity index (χ0n) is 5.62. The molecule has 2 aromatic heterocycles. The van der Waals surface area contributed by atoms with Gasteiger partial charge in [0.1, 0.15) is 0 Å². The highest BCUT2D eigenvalue weighted by molar-refractivity contribution is 9.11. The standard InChI is InChI=1S/C6H2BrClN2S2/c7-4-3(1-2-11-4)5-9-10-6(8)12-5/h1-2H. The summed E-state index contributed by atoms with van der Waals surface area (Å²) in [4.78, 5) is 0. The Morgan fingerprint density at radius 3 is 2.75 bits per heavy atom. The van der Waals surface area contributed by atoms with Crippen molar-refractivity contribution >= 4 is 50.2 Å². The summed E-state index contributed by atoms with van der Waals surface area (Å²) in [5.74, 6) is 0. The zero-order chi connectivity index (χ0) is 8.55. The van der Waals surface area contributed by atoms with Crippen LogP contribution in [0.2, 0.25) is 4.47 Å². The van der Waals surface area contributed by atoms with Crippen LogP contribution in [0.5, 0.6) is 0 Å². The Hall–Kier alpha value is 0.0300. The molecule has 0 radical (unpaired) electrons. The number of hydrogen-bond donors (Lipinski definition) is 0. The molecule has 0 saturated heterocycles. The molecular formula is C6H2BrClN2S2. The molecule has 0 aliphatic rings. The lowest BCUT2D eigenvalue weighted by molar-refractivity contribution is 1.10. The van der Waals surface area contributed by atoms with Crippen molar-refractivity contribution in [2.75, 3.05) is 0 Å². The van der Waals surface area contributed by atoms with E-state index in [0.29, 0.717) is 4.47 Å². The van der Waals surface area contributed by atoms with Crippen LogP contribution in [-0.4, -0.2) is 10.2 Å². The van der Waals surface area contributed by atoms with Gasteiger partial charge in [0.2, 0.25) is 4.47 Å². The topological polar surface area (TPSA) is 25.8 Å². The van der Waals surface area contributed by atoms with Crippen LogP contribution in [0.25, 0.3) is 10.6 Å². The van der Waals surface area contributed by atoms with Gasteiger partial charge >= 0.3 is 0 Å². The highest BCUT2D eigenvalue weighted by atomic mass is 79.9. The van der Waals surface area contributed by atoms with Crippen molar-refractivity contribution in [1.82, 2.24) is 10.2 Å². The first kappa shape index (κ1) is 8.62. The van der Waals surface area contributed by atoms with E-state index in [2.05, 4.69) is 26.1 Å². The first-order chi connectivity index (χ1) is 5.77. The molecule has 2 nitrogen and oxygen atoms in total. The molecule has 0 bridgehead atoms. The largest absolute Gasteiger partial charge is 0.207 e. The molecule has 0 amide bonds. The molecule has 0 unspecified atom stereocenters. The van der Waals surface area contributed by atoms with Gasteiger partial charge in [-0.2, -0.15) is 0 Å². The molecule has 0 N–H and O–H groups in total. The fraction of sp³-hybridized carbons (Fsp3) is 0. The Morgan fingerprint density at radius 1 is 1.42 bits per heavy atom. The minimum absolute atomic E-state index is 0.475. The third-order valence-electron chi connectivity index (χ3n) is 1.25. The molecule has 0 fully saturated rings. The second-order valence-corrected chi connectivity index (χ2v) is 5.76. The van der Waals surface area contributed by atoms with Crippen LogP contribution >= 0.6 is 50.2 Å². The van der Waals surface area contributed by atoms with Gasteiger partial charge in [0, 0.05) is 5.56 Å². The first-order valence-corrected chi connectivity index (χ1v) is 5.86. The summed E-state index contributed by atoms with van der Waals surface area (Å²) >= 11 is 12.1. The lowest BCUT2D eigenvalue weighted by Crippen LogP contribution is -1.72. The summed E-state index contributed by atoms with van der Waals surface area (Å²) in [5.41, 5.74) is 1.06. The summed E-state index contributed by atoms with van der Waals surface area (Å²) in [7, 11) is 0. The molecule has 62 valence electrons. The van der Waals surface area contributed by atoms with Gasteiger partial charge in [0.15, 0.2) is 5.01 Å². The van der Waals surface area contributed by atoms with Crippen LogP contribution < -0.4 is 0 Å². The van der Waals surface area contributed by atoms with E-state index in [1.807, 2.05) is 11.4 Å². The summed E-state index contributed by atoms with van der Waals surface area (Å²) in [6.07, 6.45) is 0. The first-order valence-electron chi connectivity index (χ1n) is 3.00. The zero-order valence-corrected chi connectivity index (χ0v) is 9.60. The van der Waals surface area contributed by atoms with Gasteiger partial charge in [-0.25, -0.2) is 0 Å². The van der Waals surface area contributed by atoms with E-state index >= 15 is 0 Å². The lowest BCUT2D eigenvalue weighted by atomic mass is 10.4. The number of halogens is 2. The van der Waals surface area contributed by atoms with E-state index in [1.165, 1.54) is 11.3 Å². The van der Waals surface area contributed by atoms with Crippen molar-refractivity contribution in [2.45, 2.75) is 0 Å². The minimum Gasteiger partial charge on any atom is -0.137 e. The van der Waals surface area contributed by atoms with Crippen molar-refractivity contribution in [2.24, 2.45) is 0 Å². The summed E-state index contributed by atoms with van der Waals surface area (Å²) < 4.78 is 1.54. The number of thiophene rings is 1. The Kier molecular flexibility index (Phi) is 2.45. The molecule has 2 aromatic rings. The molecule has 2 rings (SSSR count). The van der Waals surface area contributed by atoms with Gasteiger partial charge in [0.05, 0.1) is 3.79 Å². The van der Waals surface area contributed by atoms with E-state index in [-0.39, 0.29) is 0 Å². The Balaban J connectivity index is 2.50. The lowest BCUT2D eigenvalue weighted by Gasteiger charge is -1.87. The Labute approximate surface area is 90.3 Å². The average Bonchev–Trinajstić information content (AvgIpc) is 2.58. The minimum atomic E-state index is 0.475. The maximum absolute atomic E-state index is 5.66. The fourth-order valence-corrected chi connectivity index (χ4v) is 3.08. The normalized spacial score (nSPS) is 10.5. The van der Waals surface area contributed by atoms with Crippen LogP contribution in [0.4, 0.5) is 0 Å². The van der Waals surface area contributed by atoms with Gasteiger partial charge in [-0.05, 0) is 39.0 Å². The monoisotopic (exact) mass is 280 g/mol. The molecular weight excluding hydrogens is 280 g/mol. The highest BCUT2D eigenvalue weighted by Crippen LogP contribution is 2.35. The third-order valence-corrected chi connectivity index (χ3v) is 3.99. The van der Waals surface area contributed by atoms with Gasteiger partial charge < -0.3 is 0 Å². The Morgan fingerprint density at radius 2 is 2.25 bits per heavy atom. The number of nitrogens with zero attached hydrogens (tertiary/aromatic N) is 2. The van der Waals surface area contributed by atoms with Gasteiger partial charge in [0.25, 0.3) is 0 Å². The SMILES string of the molecule is Clc1nnc(-c2ccsc2Br)s1. The summed E-state index contributed by atoms with van der Waals surface area (Å²) in [5, 5.41) is 10.5. The second kappa shape index (κ2) is 3.41. The van der Waals surface area contributed by atoms with Gasteiger partial charge in [-0.1, -0.05) is 11.3 Å². The number of aromatic nitrogens is 2. The summed E-state index contributed by atoms with van der Waals surface area (Å²) in [6, 6.07) is 1.99. The van der Waals surface area contributed by atoms with E-state index in [0.717, 1.165) is 14.4 Å². The molecule has 0 aliphatic heterocycles. The second-order valence-electron chi connectivity index (χ2n) is 1.97. The number of rotatable bonds is 1. The van der Waals surface area contributed by atoms with Crippen molar-refractivity contribution in [3.8, 4) is 10.6 Å². The van der Waals surface area contributed by atoms with Crippen LogP contribution in [0, 0.1) is 0 Å². The van der Waals surface area contributed by atoms with Crippen molar-refractivity contribution in [3.63, 3.8) is 0 Å². The van der Waals surface area contributed by atoms with Crippen LogP contribution in [-0.2, 0) is 0 Å². The highest BCUT2D eigenvalue weighted by Gasteiger charge is 2.08. The quantitative estimate of drug-likeness (QED) is 0.797. The van der Waals surface area contributed by atoms with Crippen LogP contribution in [0.1, 0.15) is 0 Å². The van der Waals surface area contributed by atoms with Gasteiger partial charge in [-0.15, -0.1) is 21.5 Å². The predicted octanol–water partition coefficient (Wildman–Crippen LogP) is 3.68. The molecule has 2 heterocycles. The third kappa shape index (κ3) is 1.54. The molecule has 0 aromatic carbocycles. The van der Waals surface area contributed by atoms with Crippen LogP contribution in [0.3, 0.4) is 0 Å². The predicted molar refractivity (Wildman–Crippen MR) is 55.9 cm³/mol. The average molecular weight is 282 g/mol. The molecule has 0 saturated carbocycles. The molecule has 0 spiro atoms. The van der Waals surface area contributed by atoms with Crippen LogP contribution in [0.15, 0.2) is 15.2 Å². The maximum atomic E-state index is 5.66. The van der Waals surface area contributed by atoms with E-state index in [9.17, 15) is 0 Å². The molecule has 0 aliphatic carbocycles. The molecule has 12 heavy (non-hydrogen) atoms. The maximum Gasteiger partial charge on any atom is 0.207 e. The summed E-state index contributed by atoms with van der Waals surface area (Å²) in [6.45, 7) is 0. The van der Waals surface area contributed by atoms with Crippen molar-refractivity contribution < 1.29 is 0 Å². The fourth-order valence-electron chi connectivity index (χ4n) is 0.760. The van der Waals surface area contributed by atoms with Crippen molar-refractivity contribution in [1.29, 1.82) is 0 Å². The Bertz CT molecular complexity index is 398. The smallest absolute Gasteiger partial charge is 0.137 e. The van der Waals surface area contributed by atoms with E-state index < -0.39 is 0 Å². The van der Waals surface area contributed by atoms with Gasteiger partial charge in [-0.3, -0.25) is 0 Å². The van der Waals surface area contributed by atoms with E-state index in [1.54, 1.807) is 11.3 Å². The van der Waals surface area contributed by atoms with E-state index in [4.69, 9.17) is 11.6 Å².